The van der Waals surface area contributed by atoms with Gasteiger partial charge < -0.3 is 5.32 Å². The molecule has 4 aromatic rings. The van der Waals surface area contributed by atoms with Gasteiger partial charge in [-0.2, -0.15) is 0 Å². The van der Waals surface area contributed by atoms with Crippen molar-refractivity contribution in [3.05, 3.63) is 83.7 Å². The molecule has 1 N–H and O–H groups in total. The van der Waals surface area contributed by atoms with Gasteiger partial charge in [0.25, 0.3) is 0 Å². The van der Waals surface area contributed by atoms with Crippen LogP contribution < -0.4 is 5.32 Å². The second-order valence-corrected chi connectivity index (χ2v) is 8.44. The number of benzene rings is 2. The van der Waals surface area contributed by atoms with Crippen LogP contribution in [0.15, 0.2) is 72.1 Å². The molecular weight excluding hydrogens is 418 g/mol. The summed E-state index contributed by atoms with van der Waals surface area (Å²) in [4.78, 5) is 16.8. The molecule has 4 rings (SSSR count). The first-order valence-corrected chi connectivity index (χ1v) is 11.5. The lowest BCUT2D eigenvalue weighted by molar-refractivity contribution is -0.113. The predicted molar refractivity (Wildman–Crippen MR) is 129 cm³/mol. The highest BCUT2D eigenvalue weighted by Gasteiger charge is 2.18. The molecule has 0 aliphatic heterocycles. The molecule has 0 spiro atoms. The van der Waals surface area contributed by atoms with Crippen molar-refractivity contribution in [2.24, 2.45) is 0 Å². The molecule has 0 aliphatic rings. The van der Waals surface area contributed by atoms with Gasteiger partial charge in [0.05, 0.1) is 11.4 Å². The summed E-state index contributed by atoms with van der Waals surface area (Å²) in [6.45, 7) is 6.25. The number of hydrogen-bond donors (Lipinski definition) is 1. The highest BCUT2D eigenvalue weighted by Crippen LogP contribution is 2.29. The molecule has 0 saturated carbocycles. The van der Waals surface area contributed by atoms with E-state index in [1.165, 1.54) is 22.9 Å². The summed E-state index contributed by atoms with van der Waals surface area (Å²) in [5.74, 6) is 0.878. The van der Waals surface area contributed by atoms with E-state index in [1.54, 1.807) is 12.4 Å². The number of aromatic nitrogens is 4. The van der Waals surface area contributed by atoms with Crippen molar-refractivity contribution in [2.75, 3.05) is 11.1 Å². The van der Waals surface area contributed by atoms with E-state index in [0.717, 1.165) is 34.7 Å². The van der Waals surface area contributed by atoms with Crippen LogP contribution >= 0.6 is 11.8 Å². The monoisotopic (exact) mass is 443 g/mol. The van der Waals surface area contributed by atoms with Gasteiger partial charge in [-0.3, -0.25) is 14.3 Å². The van der Waals surface area contributed by atoms with Gasteiger partial charge in [0.2, 0.25) is 5.91 Å². The van der Waals surface area contributed by atoms with Crippen molar-refractivity contribution >= 4 is 23.4 Å². The third-order valence-corrected chi connectivity index (χ3v) is 6.25. The van der Waals surface area contributed by atoms with Crippen molar-refractivity contribution < 1.29 is 4.79 Å². The van der Waals surface area contributed by atoms with Crippen LogP contribution in [-0.4, -0.2) is 31.4 Å². The Kier molecular flexibility index (Phi) is 6.66. The molecule has 0 radical (unpaired) electrons. The number of aryl methyl sites for hydroxylation is 3. The maximum Gasteiger partial charge on any atom is 0.234 e. The summed E-state index contributed by atoms with van der Waals surface area (Å²) in [5.41, 5.74) is 6.25. The van der Waals surface area contributed by atoms with E-state index >= 15 is 0 Å². The van der Waals surface area contributed by atoms with E-state index < -0.39 is 0 Å². The Morgan fingerprint density at radius 1 is 1.00 bits per heavy atom. The zero-order valence-corrected chi connectivity index (χ0v) is 19.2. The number of carbonyl (C=O) groups is 1. The van der Waals surface area contributed by atoms with Gasteiger partial charge in [-0.25, -0.2) is 0 Å². The number of nitrogens with one attached hydrogen (secondary N) is 1. The minimum Gasteiger partial charge on any atom is -0.325 e. The highest BCUT2D eigenvalue weighted by atomic mass is 32.2. The van der Waals surface area contributed by atoms with Crippen LogP contribution in [0, 0.1) is 13.8 Å². The number of anilines is 1. The van der Waals surface area contributed by atoms with Gasteiger partial charge in [0.1, 0.15) is 0 Å². The molecule has 6 nitrogen and oxygen atoms in total. The smallest absolute Gasteiger partial charge is 0.234 e. The van der Waals surface area contributed by atoms with Crippen LogP contribution in [0.3, 0.4) is 0 Å². The second kappa shape index (κ2) is 9.78. The first-order chi connectivity index (χ1) is 15.6. The number of amides is 1. The average molecular weight is 444 g/mol. The minimum absolute atomic E-state index is 0.0732. The topological polar surface area (TPSA) is 72.7 Å². The fourth-order valence-corrected chi connectivity index (χ4v) is 4.17. The molecular formula is C25H25N5OS. The standard InChI is InChI=1S/C25H25N5OS/c1-4-19-7-5-6-8-22(19)27-23(31)16-32-25-29-28-24(20-11-13-26-14-12-20)30(25)21-10-9-17(2)18(3)15-21/h5-15H,4,16H2,1-3H3,(H,27,31). The maximum absolute atomic E-state index is 12.7. The number of rotatable bonds is 7. The van der Waals surface area contributed by atoms with Crippen LogP contribution in [0.5, 0.6) is 0 Å². The van der Waals surface area contributed by atoms with Crippen LogP contribution in [0.4, 0.5) is 5.69 Å². The van der Waals surface area contributed by atoms with E-state index in [9.17, 15) is 4.79 Å². The van der Waals surface area contributed by atoms with Crippen molar-refractivity contribution in [1.29, 1.82) is 0 Å². The second-order valence-electron chi connectivity index (χ2n) is 7.49. The summed E-state index contributed by atoms with van der Waals surface area (Å²) in [6, 6.07) is 17.9. The Morgan fingerprint density at radius 2 is 1.78 bits per heavy atom. The molecule has 0 saturated heterocycles. The van der Waals surface area contributed by atoms with Crippen LogP contribution in [0.25, 0.3) is 17.1 Å². The van der Waals surface area contributed by atoms with E-state index in [-0.39, 0.29) is 11.7 Å². The number of nitrogens with zero attached hydrogens (tertiary/aromatic N) is 4. The molecule has 0 aliphatic carbocycles. The van der Waals surface area contributed by atoms with Gasteiger partial charge in [-0.1, -0.05) is 43.0 Å². The SMILES string of the molecule is CCc1ccccc1NC(=O)CSc1nnc(-c2ccncc2)n1-c1ccc(C)c(C)c1. The highest BCUT2D eigenvalue weighted by molar-refractivity contribution is 7.99. The Morgan fingerprint density at radius 3 is 2.53 bits per heavy atom. The first kappa shape index (κ1) is 21.8. The Bertz CT molecular complexity index is 1240. The number of hydrogen-bond acceptors (Lipinski definition) is 5. The third-order valence-electron chi connectivity index (χ3n) is 5.33. The molecule has 2 aromatic carbocycles. The first-order valence-electron chi connectivity index (χ1n) is 10.5. The molecule has 7 heteroatoms. The van der Waals surface area contributed by atoms with Crippen molar-refractivity contribution in [1.82, 2.24) is 19.7 Å². The van der Waals surface area contributed by atoms with Gasteiger partial charge in [0, 0.05) is 23.6 Å². The Hall–Kier alpha value is -3.45. The molecule has 0 unspecified atom stereocenters. The summed E-state index contributed by atoms with van der Waals surface area (Å²) in [6.07, 6.45) is 4.33. The van der Waals surface area contributed by atoms with Crippen molar-refractivity contribution in [3.8, 4) is 17.1 Å². The number of carbonyl (C=O) groups excluding carboxylic acids is 1. The molecule has 2 heterocycles. The zero-order valence-electron chi connectivity index (χ0n) is 18.4. The molecule has 2 aromatic heterocycles. The number of thioether (sulfide) groups is 1. The fraction of sp³-hybridized carbons (Fsp3) is 0.200. The number of pyridine rings is 1. The third kappa shape index (κ3) is 4.73. The summed E-state index contributed by atoms with van der Waals surface area (Å²) < 4.78 is 2.00. The minimum atomic E-state index is -0.0732. The largest absolute Gasteiger partial charge is 0.325 e. The van der Waals surface area contributed by atoms with E-state index in [1.807, 2.05) is 41.0 Å². The lowest BCUT2D eigenvalue weighted by Crippen LogP contribution is -2.15. The normalized spacial score (nSPS) is 10.8. The molecule has 0 atom stereocenters. The fourth-order valence-electron chi connectivity index (χ4n) is 3.42. The van der Waals surface area contributed by atoms with Gasteiger partial charge in [-0.15, -0.1) is 10.2 Å². The van der Waals surface area contributed by atoms with E-state index in [0.29, 0.717) is 5.16 Å². The zero-order chi connectivity index (χ0) is 22.5. The van der Waals surface area contributed by atoms with Crippen LogP contribution in [0.2, 0.25) is 0 Å². The summed E-state index contributed by atoms with van der Waals surface area (Å²) >= 11 is 1.37. The molecule has 162 valence electrons. The lowest BCUT2D eigenvalue weighted by Gasteiger charge is -2.13. The van der Waals surface area contributed by atoms with Gasteiger partial charge in [0.15, 0.2) is 11.0 Å². The van der Waals surface area contributed by atoms with Crippen molar-refractivity contribution in [2.45, 2.75) is 32.3 Å². The maximum atomic E-state index is 12.7. The van der Waals surface area contributed by atoms with Gasteiger partial charge >= 0.3 is 0 Å². The lowest BCUT2D eigenvalue weighted by atomic mass is 10.1. The predicted octanol–water partition coefficient (Wildman–Crippen LogP) is 5.24. The summed E-state index contributed by atoms with van der Waals surface area (Å²) in [7, 11) is 0. The molecule has 32 heavy (non-hydrogen) atoms. The quantitative estimate of drug-likeness (QED) is 0.396. The summed E-state index contributed by atoms with van der Waals surface area (Å²) in [5, 5.41) is 12.5. The average Bonchev–Trinajstić information content (AvgIpc) is 3.24. The Balaban J connectivity index is 1.62. The van der Waals surface area contributed by atoms with E-state index in [2.05, 4.69) is 59.5 Å². The Labute approximate surface area is 192 Å². The molecule has 0 fully saturated rings. The van der Waals surface area contributed by atoms with Crippen molar-refractivity contribution in [3.63, 3.8) is 0 Å². The number of para-hydroxylation sites is 1. The van der Waals surface area contributed by atoms with E-state index in [4.69, 9.17) is 0 Å². The van der Waals surface area contributed by atoms with Crippen LogP contribution in [0.1, 0.15) is 23.6 Å². The van der Waals surface area contributed by atoms with Gasteiger partial charge in [-0.05, 0) is 67.3 Å². The molecule has 0 bridgehead atoms. The molecule has 1 amide bonds. The van der Waals surface area contributed by atoms with Crippen LogP contribution in [-0.2, 0) is 11.2 Å².